The number of rotatable bonds is 2. The summed E-state index contributed by atoms with van der Waals surface area (Å²) in [6.45, 7) is 0. The van der Waals surface area contributed by atoms with Gasteiger partial charge in [-0.2, -0.15) is 0 Å². The van der Waals surface area contributed by atoms with Crippen LogP contribution in [0.25, 0.3) is 11.1 Å². The Labute approximate surface area is 135 Å². The summed E-state index contributed by atoms with van der Waals surface area (Å²) >= 11 is 0. The third kappa shape index (κ3) is 3.48. The van der Waals surface area contributed by atoms with E-state index in [2.05, 4.69) is 11.8 Å². The number of carboxylic acids is 1. The molecule has 0 aromatic heterocycles. The fraction of sp³-hybridized carbons (Fsp3) is 0. The van der Waals surface area contributed by atoms with E-state index >= 15 is 0 Å². The van der Waals surface area contributed by atoms with Gasteiger partial charge in [0.2, 0.25) is 0 Å². The van der Waals surface area contributed by atoms with Crippen LogP contribution in [0.2, 0.25) is 0 Å². The molecule has 0 aliphatic rings. The Morgan fingerprint density at radius 3 is 2.30 bits per heavy atom. The van der Waals surface area contributed by atoms with Crippen LogP contribution in [0.4, 0.5) is 0 Å². The molecule has 0 radical (unpaired) electrons. The second kappa shape index (κ2) is 6.64. The van der Waals surface area contributed by atoms with Crippen molar-refractivity contribution in [1.82, 2.24) is 0 Å². The van der Waals surface area contributed by atoms with Crippen LogP contribution in [-0.2, 0) is 0 Å². The molecule has 0 aliphatic carbocycles. The molecule has 3 rings (SSSR count). The van der Waals surface area contributed by atoms with Crippen LogP contribution < -0.4 is 0 Å². The molecule has 0 aliphatic heterocycles. The number of benzene rings is 3. The normalized spacial score (nSPS) is 9.74. The molecule has 2 nitrogen and oxygen atoms in total. The van der Waals surface area contributed by atoms with Crippen molar-refractivity contribution >= 4 is 5.97 Å². The minimum absolute atomic E-state index is 0.244. The fourth-order valence-electron chi connectivity index (χ4n) is 2.33. The zero-order valence-corrected chi connectivity index (χ0v) is 12.4. The molecule has 0 fully saturated rings. The predicted octanol–water partition coefficient (Wildman–Crippen LogP) is 4.45. The summed E-state index contributed by atoms with van der Waals surface area (Å²) in [5.74, 6) is 5.26. The third-order valence-electron chi connectivity index (χ3n) is 3.46. The van der Waals surface area contributed by atoms with E-state index in [0.29, 0.717) is 5.56 Å². The highest BCUT2D eigenvalue weighted by atomic mass is 16.4. The van der Waals surface area contributed by atoms with Crippen LogP contribution in [0.1, 0.15) is 21.5 Å². The predicted molar refractivity (Wildman–Crippen MR) is 91.3 cm³/mol. The molecule has 0 unspecified atom stereocenters. The first-order valence-corrected chi connectivity index (χ1v) is 7.24. The molecular weight excluding hydrogens is 284 g/mol. The van der Waals surface area contributed by atoms with Crippen molar-refractivity contribution in [2.75, 3.05) is 0 Å². The maximum absolute atomic E-state index is 11.0. The first-order valence-electron chi connectivity index (χ1n) is 7.24. The Bertz CT molecular complexity index is 900. The zero-order chi connectivity index (χ0) is 16.1. The van der Waals surface area contributed by atoms with E-state index in [1.807, 2.05) is 60.7 Å². The van der Waals surface area contributed by atoms with Crippen molar-refractivity contribution in [3.8, 4) is 23.0 Å². The van der Waals surface area contributed by atoms with Crippen molar-refractivity contribution < 1.29 is 9.90 Å². The van der Waals surface area contributed by atoms with E-state index in [1.54, 1.807) is 18.2 Å². The number of hydrogen-bond acceptors (Lipinski definition) is 1. The van der Waals surface area contributed by atoms with Gasteiger partial charge in [0, 0.05) is 11.1 Å². The average molecular weight is 298 g/mol. The molecule has 0 atom stereocenters. The van der Waals surface area contributed by atoms with E-state index in [9.17, 15) is 4.79 Å². The van der Waals surface area contributed by atoms with Crippen molar-refractivity contribution in [2.24, 2.45) is 0 Å². The molecule has 3 aromatic carbocycles. The first kappa shape index (κ1) is 14.6. The summed E-state index contributed by atoms with van der Waals surface area (Å²) < 4.78 is 0. The second-order valence-corrected chi connectivity index (χ2v) is 5.05. The summed E-state index contributed by atoms with van der Waals surface area (Å²) in [5.41, 5.74) is 4.02. The Hall–Kier alpha value is -3.31. The van der Waals surface area contributed by atoms with Crippen LogP contribution in [0.5, 0.6) is 0 Å². The lowest BCUT2D eigenvalue weighted by molar-refractivity contribution is 0.0697. The maximum Gasteiger partial charge on any atom is 0.335 e. The quantitative estimate of drug-likeness (QED) is 0.710. The molecule has 0 spiro atoms. The van der Waals surface area contributed by atoms with Gasteiger partial charge in [0.05, 0.1) is 5.56 Å². The maximum atomic E-state index is 11.0. The summed E-state index contributed by atoms with van der Waals surface area (Å²) in [6, 6.07) is 24.7. The SMILES string of the molecule is O=C(O)c1cccc(C#Cc2ccccc2-c2ccccc2)c1. The van der Waals surface area contributed by atoms with E-state index in [1.165, 1.54) is 0 Å². The van der Waals surface area contributed by atoms with E-state index < -0.39 is 5.97 Å². The molecule has 0 bridgehead atoms. The standard InChI is InChI=1S/C21H14O2/c22-21(23)19-11-6-7-16(15-19)13-14-18-10-4-5-12-20(18)17-8-2-1-3-9-17/h1-12,15H,(H,22,23). The third-order valence-corrected chi connectivity index (χ3v) is 3.46. The Morgan fingerprint density at radius 2 is 1.52 bits per heavy atom. The molecule has 1 N–H and O–H groups in total. The molecule has 110 valence electrons. The molecule has 3 aromatic rings. The molecule has 2 heteroatoms. The van der Waals surface area contributed by atoms with Crippen LogP contribution in [-0.4, -0.2) is 11.1 Å². The van der Waals surface area contributed by atoms with Crippen LogP contribution >= 0.6 is 0 Å². The molecule has 0 saturated carbocycles. The van der Waals surface area contributed by atoms with Gasteiger partial charge in [0.25, 0.3) is 0 Å². The number of carbonyl (C=O) groups is 1. The topological polar surface area (TPSA) is 37.3 Å². The molecule has 0 saturated heterocycles. The lowest BCUT2D eigenvalue weighted by Crippen LogP contribution is -1.95. The number of carboxylic acid groups (broad SMARTS) is 1. The molecular formula is C21H14O2. The zero-order valence-electron chi connectivity index (χ0n) is 12.4. The van der Waals surface area contributed by atoms with E-state index in [-0.39, 0.29) is 5.56 Å². The van der Waals surface area contributed by atoms with Crippen LogP contribution in [0, 0.1) is 11.8 Å². The van der Waals surface area contributed by atoms with Crippen molar-refractivity contribution in [3.05, 3.63) is 95.6 Å². The Morgan fingerprint density at radius 1 is 0.783 bits per heavy atom. The first-order chi connectivity index (χ1) is 11.2. The Balaban J connectivity index is 1.99. The van der Waals surface area contributed by atoms with Gasteiger partial charge in [-0.05, 0) is 35.4 Å². The Kier molecular flexibility index (Phi) is 4.22. The van der Waals surface area contributed by atoms with Gasteiger partial charge < -0.3 is 5.11 Å². The summed E-state index contributed by atoms with van der Waals surface area (Å²) in [6.07, 6.45) is 0. The minimum atomic E-state index is -0.946. The lowest BCUT2D eigenvalue weighted by atomic mass is 10.00. The van der Waals surface area contributed by atoms with Crippen molar-refractivity contribution in [2.45, 2.75) is 0 Å². The minimum Gasteiger partial charge on any atom is -0.478 e. The van der Waals surface area contributed by atoms with Gasteiger partial charge in [0.1, 0.15) is 0 Å². The van der Waals surface area contributed by atoms with E-state index in [0.717, 1.165) is 16.7 Å². The van der Waals surface area contributed by atoms with Crippen molar-refractivity contribution in [1.29, 1.82) is 0 Å². The fourth-order valence-corrected chi connectivity index (χ4v) is 2.33. The highest BCUT2D eigenvalue weighted by Crippen LogP contribution is 2.22. The second-order valence-electron chi connectivity index (χ2n) is 5.05. The number of aromatic carboxylic acids is 1. The van der Waals surface area contributed by atoms with Crippen LogP contribution in [0.3, 0.4) is 0 Å². The highest BCUT2D eigenvalue weighted by Gasteiger charge is 2.03. The van der Waals surface area contributed by atoms with Crippen LogP contribution in [0.15, 0.2) is 78.9 Å². The summed E-state index contributed by atoms with van der Waals surface area (Å²) in [4.78, 5) is 11.0. The number of hydrogen-bond donors (Lipinski definition) is 1. The van der Waals surface area contributed by atoms with Gasteiger partial charge in [-0.1, -0.05) is 66.4 Å². The molecule has 0 heterocycles. The lowest BCUT2D eigenvalue weighted by Gasteiger charge is -2.04. The van der Waals surface area contributed by atoms with Crippen molar-refractivity contribution in [3.63, 3.8) is 0 Å². The molecule has 0 amide bonds. The van der Waals surface area contributed by atoms with Gasteiger partial charge in [-0.15, -0.1) is 0 Å². The molecule has 23 heavy (non-hydrogen) atoms. The van der Waals surface area contributed by atoms with Gasteiger partial charge >= 0.3 is 5.97 Å². The van der Waals surface area contributed by atoms with Gasteiger partial charge in [-0.3, -0.25) is 0 Å². The monoisotopic (exact) mass is 298 g/mol. The van der Waals surface area contributed by atoms with Gasteiger partial charge in [0.15, 0.2) is 0 Å². The highest BCUT2D eigenvalue weighted by molar-refractivity contribution is 5.88. The van der Waals surface area contributed by atoms with Gasteiger partial charge in [-0.25, -0.2) is 4.79 Å². The largest absolute Gasteiger partial charge is 0.478 e. The van der Waals surface area contributed by atoms with E-state index in [4.69, 9.17) is 5.11 Å². The summed E-state index contributed by atoms with van der Waals surface area (Å²) in [5, 5.41) is 9.04. The average Bonchev–Trinajstić information content (AvgIpc) is 2.61. The summed E-state index contributed by atoms with van der Waals surface area (Å²) in [7, 11) is 0. The smallest absolute Gasteiger partial charge is 0.335 e.